The molecule has 0 unspecified atom stereocenters. The van der Waals surface area contributed by atoms with Gasteiger partial charge in [-0.3, -0.25) is 4.79 Å². The van der Waals surface area contributed by atoms with Crippen molar-refractivity contribution in [2.75, 3.05) is 27.9 Å². The maximum absolute atomic E-state index is 14.6. The second-order valence-corrected chi connectivity index (χ2v) is 24.4. The molecule has 18 nitrogen and oxygen atoms in total. The lowest BCUT2D eigenvalue weighted by Gasteiger charge is -2.39. The van der Waals surface area contributed by atoms with E-state index in [1.165, 1.54) is 21.3 Å². The Bertz CT molecular complexity index is 2250. The standard InChI is InChI=1S/C49H70N6O12Si/c1-47(2,3)65-44(58)39(28-36(29-51-55-50)67-68(13,14)49(7,8)9)52-42(56)37(53-45(59)64-30-31-18-16-15-17-19-31)26-34-24-32(20-22-40(34)61-10)33-21-23-41(62-11)35(25-33)27-38(43(57)63-12)54-46(60)66-48(4,5)6/h15-25,36-39H,26-30H2,1-14H3,(H,52,56)(H,53,59)(H,54,60)/t36-,37+,38+,39+/m1/s1. The first-order valence-corrected chi connectivity index (χ1v) is 25.2. The largest absolute Gasteiger partial charge is 0.496 e. The normalized spacial score (nSPS) is 13.6. The van der Waals surface area contributed by atoms with E-state index in [-0.39, 0.29) is 37.5 Å². The summed E-state index contributed by atoms with van der Waals surface area (Å²) in [6, 6.07) is 15.8. The van der Waals surface area contributed by atoms with Crippen LogP contribution in [0.1, 0.15) is 85.4 Å². The van der Waals surface area contributed by atoms with Crippen molar-refractivity contribution in [3.05, 3.63) is 93.9 Å². The van der Waals surface area contributed by atoms with Gasteiger partial charge in [-0.2, -0.15) is 0 Å². The smallest absolute Gasteiger partial charge is 0.408 e. The first-order chi connectivity index (χ1) is 31.7. The summed E-state index contributed by atoms with van der Waals surface area (Å²) in [6.45, 7) is 20.2. The average Bonchev–Trinajstić information content (AvgIpc) is 3.25. The number of benzene rings is 3. The number of carbonyl (C=O) groups excluding carboxylic acids is 5. The molecule has 0 radical (unpaired) electrons. The topological polar surface area (TPSA) is 235 Å². The molecule has 0 fully saturated rings. The summed E-state index contributed by atoms with van der Waals surface area (Å²) in [7, 11) is 1.66. The number of nitrogens with zero attached hydrogens (tertiary/aromatic N) is 3. The Morgan fingerprint density at radius 3 is 1.69 bits per heavy atom. The van der Waals surface area contributed by atoms with Crippen molar-refractivity contribution >= 4 is 38.3 Å². The first-order valence-electron chi connectivity index (χ1n) is 22.3. The van der Waals surface area contributed by atoms with Crippen LogP contribution in [0.5, 0.6) is 11.5 Å². The Morgan fingerprint density at radius 2 is 1.21 bits per heavy atom. The molecule has 0 saturated carbocycles. The van der Waals surface area contributed by atoms with Gasteiger partial charge in [0, 0.05) is 24.2 Å². The quantitative estimate of drug-likeness (QED) is 0.0227. The van der Waals surface area contributed by atoms with Gasteiger partial charge in [-0.15, -0.1) is 0 Å². The van der Waals surface area contributed by atoms with Crippen LogP contribution in [0.15, 0.2) is 71.8 Å². The van der Waals surface area contributed by atoms with Crippen molar-refractivity contribution in [2.45, 2.75) is 142 Å². The average molecular weight is 963 g/mol. The van der Waals surface area contributed by atoms with Crippen molar-refractivity contribution < 1.29 is 56.8 Å². The predicted octanol–water partition coefficient (Wildman–Crippen LogP) is 8.73. The van der Waals surface area contributed by atoms with Crippen LogP contribution < -0.4 is 25.4 Å². The van der Waals surface area contributed by atoms with Gasteiger partial charge in [0.15, 0.2) is 8.32 Å². The molecule has 0 saturated heterocycles. The number of hydrogen-bond donors (Lipinski definition) is 3. The molecule has 3 rings (SSSR count). The molecule has 0 aliphatic carbocycles. The summed E-state index contributed by atoms with van der Waals surface area (Å²) in [5.41, 5.74) is 10.6. The van der Waals surface area contributed by atoms with E-state index in [1.54, 1.807) is 102 Å². The molecule has 0 aliphatic heterocycles. The van der Waals surface area contributed by atoms with Gasteiger partial charge in [0.25, 0.3) is 0 Å². The molecule has 372 valence electrons. The minimum Gasteiger partial charge on any atom is -0.496 e. The number of carbonyl (C=O) groups is 5. The molecule has 0 bridgehead atoms. The van der Waals surface area contributed by atoms with Crippen molar-refractivity contribution in [1.82, 2.24) is 16.0 Å². The van der Waals surface area contributed by atoms with Crippen LogP contribution in [-0.4, -0.2) is 102 Å². The van der Waals surface area contributed by atoms with Gasteiger partial charge in [-0.05, 0) is 117 Å². The fraction of sp³-hybridized carbons (Fsp3) is 0.531. The zero-order valence-electron chi connectivity index (χ0n) is 41.9. The van der Waals surface area contributed by atoms with E-state index < -0.39 is 73.8 Å². The number of ether oxygens (including phenoxy) is 6. The molecule has 3 amide bonds. The summed E-state index contributed by atoms with van der Waals surface area (Å²) in [5.74, 6) is -1.39. The Kier molecular flexibility index (Phi) is 20.3. The number of methoxy groups -OCH3 is 3. The number of nitrogens with one attached hydrogen (secondary N) is 3. The molecular formula is C49H70N6O12Si. The van der Waals surface area contributed by atoms with E-state index in [1.807, 2.05) is 39.9 Å². The van der Waals surface area contributed by atoms with Gasteiger partial charge in [-0.25, -0.2) is 19.2 Å². The third-order valence-corrected chi connectivity index (χ3v) is 15.4. The van der Waals surface area contributed by atoms with E-state index in [0.29, 0.717) is 39.3 Å². The van der Waals surface area contributed by atoms with Gasteiger partial charge in [0.05, 0.1) is 34.0 Å². The van der Waals surface area contributed by atoms with Gasteiger partial charge in [-0.1, -0.05) is 68.4 Å². The Hall–Kier alpha value is -6.30. The molecule has 3 aromatic carbocycles. The van der Waals surface area contributed by atoms with Crippen molar-refractivity contribution in [2.24, 2.45) is 5.11 Å². The lowest BCUT2D eigenvalue weighted by molar-refractivity contribution is -0.159. The number of azide groups is 1. The Balaban J connectivity index is 2.11. The lowest BCUT2D eigenvalue weighted by atomic mass is 9.95. The van der Waals surface area contributed by atoms with Gasteiger partial charge < -0.3 is 48.8 Å². The fourth-order valence-corrected chi connectivity index (χ4v) is 7.94. The highest BCUT2D eigenvalue weighted by Gasteiger charge is 2.41. The summed E-state index contributed by atoms with van der Waals surface area (Å²) in [6.07, 6.45) is -2.77. The van der Waals surface area contributed by atoms with Crippen LogP contribution in [0.3, 0.4) is 0 Å². The van der Waals surface area contributed by atoms with Crippen LogP contribution in [-0.2, 0) is 57.2 Å². The summed E-state index contributed by atoms with van der Waals surface area (Å²) in [5, 5.41) is 11.6. The SMILES string of the molecule is COC(=O)[C@H](Cc1cc(-c2ccc(OC)c(C[C@H](NC(=O)OCc3ccccc3)C(=O)N[C@@H](C[C@H](CN=[N+]=[N-])O[Si](C)(C)C(C)(C)C)C(=O)OC(C)(C)C)c2)ccc1OC)NC(=O)OC(C)(C)C. The fourth-order valence-electron chi connectivity index (χ4n) is 6.58. The highest BCUT2D eigenvalue weighted by Crippen LogP contribution is 2.38. The summed E-state index contributed by atoms with van der Waals surface area (Å²) >= 11 is 0. The van der Waals surface area contributed by atoms with Crippen molar-refractivity contribution in [3.63, 3.8) is 0 Å². The molecule has 0 aliphatic rings. The summed E-state index contributed by atoms with van der Waals surface area (Å²) < 4.78 is 39.8. The van der Waals surface area contributed by atoms with Gasteiger partial charge in [0.2, 0.25) is 5.91 Å². The molecular weight excluding hydrogens is 893 g/mol. The maximum atomic E-state index is 14.6. The zero-order chi connectivity index (χ0) is 51.0. The number of rotatable bonds is 21. The van der Waals surface area contributed by atoms with Crippen LogP contribution in [0.25, 0.3) is 21.6 Å². The molecule has 0 heterocycles. The molecule has 3 N–H and O–H groups in total. The lowest BCUT2D eigenvalue weighted by Crippen LogP contribution is -2.55. The molecule has 0 aromatic heterocycles. The highest BCUT2D eigenvalue weighted by molar-refractivity contribution is 6.74. The van der Waals surface area contributed by atoms with Gasteiger partial charge >= 0.3 is 24.1 Å². The van der Waals surface area contributed by atoms with Crippen LogP contribution in [0.4, 0.5) is 9.59 Å². The van der Waals surface area contributed by atoms with Crippen molar-refractivity contribution in [3.8, 4) is 22.6 Å². The number of esters is 2. The van der Waals surface area contributed by atoms with Gasteiger partial charge in [0.1, 0.15) is 47.4 Å². The minimum atomic E-state index is -2.51. The van der Waals surface area contributed by atoms with E-state index in [0.717, 1.165) is 0 Å². The van der Waals surface area contributed by atoms with E-state index in [9.17, 15) is 29.5 Å². The van der Waals surface area contributed by atoms with E-state index in [2.05, 4.69) is 26.0 Å². The summed E-state index contributed by atoms with van der Waals surface area (Å²) in [4.78, 5) is 70.7. The minimum absolute atomic E-state index is 0.0212. The molecule has 0 spiro atoms. The molecule has 4 atom stereocenters. The molecule has 3 aromatic rings. The zero-order valence-corrected chi connectivity index (χ0v) is 42.9. The molecule has 68 heavy (non-hydrogen) atoms. The van der Waals surface area contributed by atoms with Crippen LogP contribution >= 0.6 is 0 Å². The number of hydrogen-bond acceptors (Lipinski definition) is 13. The highest BCUT2D eigenvalue weighted by atomic mass is 28.4. The predicted molar refractivity (Wildman–Crippen MR) is 260 cm³/mol. The van der Waals surface area contributed by atoms with Crippen molar-refractivity contribution in [1.29, 1.82) is 0 Å². The van der Waals surface area contributed by atoms with Crippen LogP contribution in [0.2, 0.25) is 18.1 Å². The number of alkyl carbamates (subject to hydrolysis) is 2. The second kappa shape index (κ2) is 24.6. The third kappa shape index (κ3) is 18.1. The number of amides is 3. The third-order valence-electron chi connectivity index (χ3n) is 10.9. The second-order valence-electron chi connectivity index (χ2n) is 19.7. The first kappa shape index (κ1) is 56.0. The van der Waals surface area contributed by atoms with Crippen LogP contribution in [0, 0.1) is 0 Å². The Labute approximate surface area is 401 Å². The van der Waals surface area contributed by atoms with E-state index >= 15 is 0 Å². The monoisotopic (exact) mass is 962 g/mol. The van der Waals surface area contributed by atoms with E-state index in [4.69, 9.17) is 32.8 Å². The maximum Gasteiger partial charge on any atom is 0.408 e. The molecule has 19 heteroatoms. The Morgan fingerprint density at radius 1 is 0.676 bits per heavy atom.